The van der Waals surface area contributed by atoms with Crippen molar-refractivity contribution in [3.8, 4) is 0 Å². The Morgan fingerprint density at radius 2 is 2.04 bits per heavy atom. The highest BCUT2D eigenvalue weighted by molar-refractivity contribution is 7.98. The van der Waals surface area contributed by atoms with E-state index >= 15 is 0 Å². The van der Waals surface area contributed by atoms with Crippen LogP contribution in [0.1, 0.15) is 28.4 Å². The zero-order valence-electron chi connectivity index (χ0n) is 15.5. The van der Waals surface area contributed by atoms with Gasteiger partial charge in [-0.05, 0) is 42.9 Å². The number of benzene rings is 2. The number of rotatable bonds is 6. The Morgan fingerprint density at radius 1 is 1.30 bits per heavy atom. The summed E-state index contributed by atoms with van der Waals surface area (Å²) in [5.41, 5.74) is 2.66. The van der Waals surface area contributed by atoms with Crippen LogP contribution in [0.15, 0.2) is 47.4 Å². The minimum absolute atomic E-state index is 0.114. The molecule has 1 aliphatic heterocycles. The molecule has 142 valence electrons. The Labute approximate surface area is 163 Å². The average Bonchev–Trinajstić information content (AvgIpc) is 2.70. The number of nitrogens with one attached hydrogen (secondary N) is 1. The highest BCUT2D eigenvalue weighted by atomic mass is 32.2. The molecule has 1 unspecified atom stereocenters. The molecule has 1 heterocycles. The molecule has 0 spiro atoms. The number of nitro benzene ring substituents is 1. The van der Waals surface area contributed by atoms with Crippen molar-refractivity contribution < 1.29 is 9.72 Å². The summed E-state index contributed by atoms with van der Waals surface area (Å²) < 4.78 is 0. The van der Waals surface area contributed by atoms with Gasteiger partial charge in [-0.3, -0.25) is 19.8 Å². The molecule has 2 aromatic rings. The highest BCUT2D eigenvalue weighted by Crippen LogP contribution is 2.25. The molecule has 0 fully saturated rings. The molecular weight excluding hydrogens is 362 g/mol. The van der Waals surface area contributed by atoms with E-state index in [9.17, 15) is 14.9 Å². The van der Waals surface area contributed by atoms with Crippen LogP contribution in [0.2, 0.25) is 0 Å². The van der Waals surface area contributed by atoms with Gasteiger partial charge in [0.1, 0.15) is 5.56 Å². The maximum atomic E-state index is 12.6. The lowest BCUT2D eigenvalue weighted by Gasteiger charge is -2.33. The number of fused-ring (bicyclic) bond motifs is 1. The standard InChI is InChI=1S/C20H23N3O3S/c1-14(22-10-9-15-5-3-4-6-16(15)13-22)12-21-20(24)18-11-17(27-2)7-8-19(18)23(25)26/h3-8,11,14H,9-10,12-13H2,1-2H3,(H,21,24). The summed E-state index contributed by atoms with van der Waals surface area (Å²) in [4.78, 5) is 26.5. The number of nitrogens with zero attached hydrogens (tertiary/aromatic N) is 2. The molecule has 0 radical (unpaired) electrons. The molecule has 6 nitrogen and oxygen atoms in total. The summed E-state index contributed by atoms with van der Waals surface area (Å²) in [6.45, 7) is 4.31. The lowest BCUT2D eigenvalue weighted by atomic mass is 9.99. The number of nitro groups is 1. The molecule has 0 aliphatic carbocycles. The zero-order valence-corrected chi connectivity index (χ0v) is 16.3. The fourth-order valence-electron chi connectivity index (χ4n) is 3.34. The van der Waals surface area contributed by atoms with Gasteiger partial charge in [0.2, 0.25) is 0 Å². The van der Waals surface area contributed by atoms with Crippen molar-refractivity contribution in [2.45, 2.75) is 30.8 Å². The van der Waals surface area contributed by atoms with Gasteiger partial charge in [-0.2, -0.15) is 0 Å². The van der Waals surface area contributed by atoms with Crippen LogP contribution in [0, 0.1) is 10.1 Å². The monoisotopic (exact) mass is 385 g/mol. The molecule has 0 saturated heterocycles. The van der Waals surface area contributed by atoms with E-state index in [4.69, 9.17) is 0 Å². The maximum Gasteiger partial charge on any atom is 0.282 e. The van der Waals surface area contributed by atoms with Gasteiger partial charge in [-0.1, -0.05) is 24.3 Å². The lowest BCUT2D eigenvalue weighted by molar-refractivity contribution is -0.385. The first kappa shape index (κ1) is 19.4. The van der Waals surface area contributed by atoms with E-state index in [2.05, 4.69) is 35.3 Å². The van der Waals surface area contributed by atoms with E-state index in [-0.39, 0.29) is 17.3 Å². The Kier molecular flexibility index (Phi) is 6.13. The van der Waals surface area contributed by atoms with Crippen LogP contribution in [0.25, 0.3) is 0 Å². The van der Waals surface area contributed by atoms with Crippen molar-refractivity contribution in [3.05, 3.63) is 69.3 Å². The van der Waals surface area contributed by atoms with E-state index in [1.165, 1.54) is 29.0 Å². The summed E-state index contributed by atoms with van der Waals surface area (Å²) >= 11 is 1.45. The third-order valence-corrected chi connectivity index (χ3v) is 5.71. The maximum absolute atomic E-state index is 12.6. The van der Waals surface area contributed by atoms with Gasteiger partial charge in [-0.15, -0.1) is 11.8 Å². The van der Waals surface area contributed by atoms with Crippen molar-refractivity contribution in [3.63, 3.8) is 0 Å². The molecule has 7 heteroatoms. The Bertz CT molecular complexity index is 856. The summed E-state index contributed by atoms with van der Waals surface area (Å²) in [5.74, 6) is -0.401. The number of hydrogen-bond acceptors (Lipinski definition) is 5. The Balaban J connectivity index is 1.65. The lowest BCUT2D eigenvalue weighted by Crippen LogP contribution is -2.44. The number of thioether (sulfide) groups is 1. The first-order valence-electron chi connectivity index (χ1n) is 8.91. The molecule has 1 aliphatic rings. The molecule has 0 saturated carbocycles. The topological polar surface area (TPSA) is 75.5 Å². The first-order valence-corrected chi connectivity index (χ1v) is 10.1. The minimum atomic E-state index is -0.510. The van der Waals surface area contributed by atoms with E-state index in [1.807, 2.05) is 12.3 Å². The molecule has 2 aromatic carbocycles. The third kappa shape index (κ3) is 4.48. The SMILES string of the molecule is CSc1ccc([N+](=O)[O-])c(C(=O)NCC(C)N2CCc3ccccc3C2)c1. The zero-order chi connectivity index (χ0) is 19.4. The van der Waals surface area contributed by atoms with E-state index in [0.717, 1.165) is 24.4 Å². The first-order chi connectivity index (χ1) is 13.0. The van der Waals surface area contributed by atoms with Crippen LogP contribution in [-0.2, 0) is 13.0 Å². The van der Waals surface area contributed by atoms with Crippen molar-refractivity contribution in [1.82, 2.24) is 10.2 Å². The van der Waals surface area contributed by atoms with Crippen LogP contribution in [0.4, 0.5) is 5.69 Å². The molecule has 1 atom stereocenters. The molecule has 1 amide bonds. The molecule has 3 rings (SSSR count). The number of carbonyl (C=O) groups is 1. The number of hydrogen-bond donors (Lipinski definition) is 1. The van der Waals surface area contributed by atoms with E-state index in [0.29, 0.717) is 6.54 Å². The van der Waals surface area contributed by atoms with Gasteiger partial charge >= 0.3 is 0 Å². The summed E-state index contributed by atoms with van der Waals surface area (Å²) in [5, 5.41) is 14.1. The van der Waals surface area contributed by atoms with Gasteiger partial charge in [0.15, 0.2) is 0 Å². The quantitative estimate of drug-likeness (QED) is 0.468. The van der Waals surface area contributed by atoms with Gasteiger partial charge in [0, 0.05) is 36.6 Å². The van der Waals surface area contributed by atoms with Crippen LogP contribution in [0.3, 0.4) is 0 Å². The molecular formula is C20H23N3O3S. The van der Waals surface area contributed by atoms with Crippen molar-refractivity contribution in [2.24, 2.45) is 0 Å². The second-order valence-electron chi connectivity index (χ2n) is 6.69. The fraction of sp³-hybridized carbons (Fsp3) is 0.350. The van der Waals surface area contributed by atoms with Crippen molar-refractivity contribution in [1.29, 1.82) is 0 Å². The van der Waals surface area contributed by atoms with Crippen molar-refractivity contribution in [2.75, 3.05) is 19.3 Å². The molecule has 0 aromatic heterocycles. The highest BCUT2D eigenvalue weighted by Gasteiger charge is 2.23. The predicted molar refractivity (Wildman–Crippen MR) is 107 cm³/mol. The number of amides is 1. The smallest absolute Gasteiger partial charge is 0.282 e. The van der Waals surface area contributed by atoms with E-state index in [1.54, 1.807) is 12.1 Å². The summed E-state index contributed by atoms with van der Waals surface area (Å²) in [6.07, 6.45) is 2.87. The number of carbonyl (C=O) groups excluding carboxylic acids is 1. The van der Waals surface area contributed by atoms with Gasteiger partial charge in [-0.25, -0.2) is 0 Å². The average molecular weight is 385 g/mol. The van der Waals surface area contributed by atoms with Crippen LogP contribution in [0.5, 0.6) is 0 Å². The van der Waals surface area contributed by atoms with Crippen LogP contribution >= 0.6 is 11.8 Å². The van der Waals surface area contributed by atoms with Gasteiger partial charge in [0.05, 0.1) is 4.92 Å². The van der Waals surface area contributed by atoms with E-state index < -0.39 is 10.8 Å². The molecule has 0 bridgehead atoms. The molecule has 27 heavy (non-hydrogen) atoms. The second kappa shape index (κ2) is 8.54. The van der Waals surface area contributed by atoms with Crippen LogP contribution in [-0.4, -0.2) is 41.1 Å². The van der Waals surface area contributed by atoms with Gasteiger partial charge in [0.25, 0.3) is 11.6 Å². The largest absolute Gasteiger partial charge is 0.350 e. The van der Waals surface area contributed by atoms with Gasteiger partial charge < -0.3 is 5.32 Å². The predicted octanol–water partition coefficient (Wildman–Crippen LogP) is 3.49. The van der Waals surface area contributed by atoms with Crippen LogP contribution < -0.4 is 5.32 Å². The normalized spacial score (nSPS) is 15.0. The summed E-state index contributed by atoms with van der Waals surface area (Å²) in [6, 6.07) is 13.2. The fourth-order valence-corrected chi connectivity index (χ4v) is 3.78. The second-order valence-corrected chi connectivity index (χ2v) is 7.57. The Morgan fingerprint density at radius 3 is 2.74 bits per heavy atom. The van der Waals surface area contributed by atoms with Crippen molar-refractivity contribution >= 4 is 23.4 Å². The summed E-state index contributed by atoms with van der Waals surface area (Å²) in [7, 11) is 0. The Hall–Kier alpha value is -2.38. The molecule has 1 N–H and O–H groups in total. The third-order valence-electron chi connectivity index (χ3n) is 4.99. The minimum Gasteiger partial charge on any atom is -0.350 e.